The second-order valence-electron chi connectivity index (χ2n) is 7.94. The molecule has 0 spiro atoms. The molecule has 0 amide bonds. The average Bonchev–Trinajstić information content (AvgIpc) is 3.00. The molecule has 0 bridgehead atoms. The first-order valence-corrected chi connectivity index (χ1v) is 11.4. The van der Waals surface area contributed by atoms with Gasteiger partial charge in [-0.25, -0.2) is 15.0 Å². The molecular formula is C20H22F3N5OS2. The number of nitrogens with one attached hydrogen (secondary N) is 2. The number of thiazole rings is 2. The lowest BCUT2D eigenvalue weighted by Crippen LogP contribution is -2.48. The SMILES string of the molecule is Cc1nc(C)c(-c2csc(Nc3ccc(CN[C@H](C(F)(F)F)[C@]4(C)C[C@H]4O)cn3)n2)s1. The van der Waals surface area contributed by atoms with Crippen LogP contribution < -0.4 is 10.6 Å². The van der Waals surface area contributed by atoms with Crippen molar-refractivity contribution in [2.45, 2.75) is 52.1 Å². The Hall–Kier alpha value is -2.08. The number of hydrogen-bond donors (Lipinski definition) is 3. The summed E-state index contributed by atoms with van der Waals surface area (Å²) in [5, 5.41) is 18.9. The largest absolute Gasteiger partial charge is 0.404 e. The van der Waals surface area contributed by atoms with E-state index in [0.717, 1.165) is 21.3 Å². The van der Waals surface area contributed by atoms with Crippen LogP contribution in [0.15, 0.2) is 23.7 Å². The third kappa shape index (κ3) is 4.74. The van der Waals surface area contributed by atoms with E-state index in [2.05, 4.69) is 25.6 Å². The lowest BCUT2D eigenvalue weighted by molar-refractivity contribution is -0.173. The molecule has 3 aromatic heterocycles. The summed E-state index contributed by atoms with van der Waals surface area (Å²) in [7, 11) is 0. The van der Waals surface area contributed by atoms with Crippen molar-refractivity contribution < 1.29 is 18.3 Å². The molecule has 31 heavy (non-hydrogen) atoms. The summed E-state index contributed by atoms with van der Waals surface area (Å²) >= 11 is 3.04. The summed E-state index contributed by atoms with van der Waals surface area (Å²) < 4.78 is 40.1. The van der Waals surface area contributed by atoms with Crippen molar-refractivity contribution in [3.8, 4) is 10.6 Å². The molecule has 3 aromatic rings. The summed E-state index contributed by atoms with van der Waals surface area (Å²) in [4.78, 5) is 14.3. The number of nitrogens with zero attached hydrogens (tertiary/aromatic N) is 3. The number of anilines is 2. The van der Waals surface area contributed by atoms with Crippen molar-refractivity contribution in [1.29, 1.82) is 0 Å². The van der Waals surface area contributed by atoms with Crippen LogP contribution in [0.2, 0.25) is 0 Å². The highest BCUT2D eigenvalue weighted by Crippen LogP contribution is 2.52. The molecule has 3 atom stereocenters. The fourth-order valence-electron chi connectivity index (χ4n) is 3.53. The van der Waals surface area contributed by atoms with Gasteiger partial charge >= 0.3 is 6.18 Å². The van der Waals surface area contributed by atoms with Gasteiger partial charge in [0.2, 0.25) is 0 Å². The van der Waals surface area contributed by atoms with Crippen molar-refractivity contribution in [2.24, 2.45) is 5.41 Å². The smallest absolute Gasteiger partial charge is 0.392 e. The molecule has 166 valence electrons. The Morgan fingerprint density at radius 1 is 1.29 bits per heavy atom. The van der Waals surface area contributed by atoms with Gasteiger partial charge in [-0.3, -0.25) is 0 Å². The van der Waals surface area contributed by atoms with Crippen molar-refractivity contribution >= 4 is 33.6 Å². The van der Waals surface area contributed by atoms with Gasteiger partial charge in [-0.15, -0.1) is 22.7 Å². The maximum absolute atomic E-state index is 13.4. The van der Waals surface area contributed by atoms with E-state index in [4.69, 9.17) is 0 Å². The van der Waals surface area contributed by atoms with Crippen LogP contribution >= 0.6 is 22.7 Å². The third-order valence-electron chi connectivity index (χ3n) is 5.43. The lowest BCUT2D eigenvalue weighted by Gasteiger charge is -2.27. The van der Waals surface area contributed by atoms with Crippen molar-refractivity contribution in [2.75, 3.05) is 5.32 Å². The van der Waals surface area contributed by atoms with E-state index in [1.807, 2.05) is 19.2 Å². The third-order valence-corrected chi connectivity index (χ3v) is 7.28. The van der Waals surface area contributed by atoms with Crippen LogP contribution in [-0.4, -0.2) is 38.4 Å². The normalized spacial score (nSPS) is 21.8. The number of aliphatic hydroxyl groups excluding tert-OH is 1. The average molecular weight is 470 g/mol. The number of aryl methyl sites for hydroxylation is 2. The molecule has 0 saturated heterocycles. The van der Waals surface area contributed by atoms with Crippen LogP contribution in [0.25, 0.3) is 10.6 Å². The highest BCUT2D eigenvalue weighted by atomic mass is 32.1. The van der Waals surface area contributed by atoms with Crippen LogP contribution in [0, 0.1) is 19.3 Å². The number of alkyl halides is 3. The standard InChI is InChI=1S/C20H22F3N5OS2/c1-10-16(31-11(2)26-10)13-9-30-18(27-13)28-15-5-4-12(7-24-15)8-25-17(20(21,22)23)19(3)6-14(19)29/h4-5,7,9,14,17,25,29H,6,8H2,1-3H3,(H,24,27,28)/t14-,17+,19-/m1/s1. The summed E-state index contributed by atoms with van der Waals surface area (Å²) in [6, 6.07) is 1.66. The first-order valence-electron chi connectivity index (χ1n) is 9.66. The van der Waals surface area contributed by atoms with Gasteiger partial charge < -0.3 is 15.7 Å². The molecule has 0 radical (unpaired) electrons. The second-order valence-corrected chi connectivity index (χ2v) is 10.0. The van der Waals surface area contributed by atoms with Gasteiger partial charge in [0.25, 0.3) is 0 Å². The van der Waals surface area contributed by atoms with E-state index >= 15 is 0 Å². The number of rotatable bonds is 7. The first kappa shape index (κ1) is 22.1. The second kappa shape index (κ2) is 8.12. The Balaban J connectivity index is 1.38. The minimum Gasteiger partial charge on any atom is -0.392 e. The molecular weight excluding hydrogens is 447 g/mol. The molecule has 3 heterocycles. The van der Waals surface area contributed by atoms with E-state index < -0.39 is 23.7 Å². The highest BCUT2D eigenvalue weighted by molar-refractivity contribution is 7.16. The molecule has 6 nitrogen and oxygen atoms in total. The molecule has 0 aromatic carbocycles. The summed E-state index contributed by atoms with van der Waals surface area (Å²) in [5.41, 5.74) is 1.24. The Morgan fingerprint density at radius 2 is 2.03 bits per heavy atom. The number of pyridine rings is 1. The van der Waals surface area contributed by atoms with Gasteiger partial charge in [0, 0.05) is 23.5 Å². The van der Waals surface area contributed by atoms with Crippen LogP contribution in [0.1, 0.15) is 29.6 Å². The minimum absolute atomic E-state index is 0.00513. The fourth-order valence-corrected chi connectivity index (χ4v) is 5.19. The number of aromatic nitrogens is 3. The van der Waals surface area contributed by atoms with E-state index in [9.17, 15) is 18.3 Å². The van der Waals surface area contributed by atoms with E-state index in [1.165, 1.54) is 24.5 Å². The Morgan fingerprint density at radius 3 is 2.58 bits per heavy atom. The molecule has 1 saturated carbocycles. The van der Waals surface area contributed by atoms with Crippen LogP contribution in [0.3, 0.4) is 0 Å². The van der Waals surface area contributed by atoms with Gasteiger partial charge in [-0.2, -0.15) is 13.2 Å². The van der Waals surface area contributed by atoms with Gasteiger partial charge in [0.05, 0.1) is 27.4 Å². The van der Waals surface area contributed by atoms with Crippen molar-refractivity contribution in [3.05, 3.63) is 40.0 Å². The van der Waals surface area contributed by atoms with Crippen LogP contribution in [-0.2, 0) is 6.54 Å². The van der Waals surface area contributed by atoms with Gasteiger partial charge in [-0.05, 0) is 31.9 Å². The molecule has 1 fully saturated rings. The van der Waals surface area contributed by atoms with E-state index in [1.54, 1.807) is 23.5 Å². The summed E-state index contributed by atoms with van der Waals surface area (Å²) in [5.74, 6) is 0.554. The monoisotopic (exact) mass is 469 g/mol. The Bertz CT molecular complexity index is 1070. The summed E-state index contributed by atoms with van der Waals surface area (Å²) in [6.07, 6.45) is -3.70. The van der Waals surface area contributed by atoms with Gasteiger partial charge in [-0.1, -0.05) is 13.0 Å². The topological polar surface area (TPSA) is 83.0 Å². The maximum atomic E-state index is 13.4. The molecule has 4 rings (SSSR count). The molecule has 0 unspecified atom stereocenters. The Labute approximate surface area is 185 Å². The number of aliphatic hydroxyl groups is 1. The van der Waals surface area contributed by atoms with Gasteiger partial charge in [0.1, 0.15) is 11.9 Å². The Kier molecular flexibility index (Phi) is 5.80. The van der Waals surface area contributed by atoms with E-state index in [-0.39, 0.29) is 13.0 Å². The predicted molar refractivity (Wildman–Crippen MR) is 116 cm³/mol. The van der Waals surface area contributed by atoms with E-state index in [0.29, 0.717) is 16.5 Å². The first-order chi connectivity index (χ1) is 14.6. The minimum atomic E-state index is -4.43. The van der Waals surface area contributed by atoms with Crippen molar-refractivity contribution in [1.82, 2.24) is 20.3 Å². The maximum Gasteiger partial charge on any atom is 0.404 e. The number of halogens is 3. The molecule has 1 aliphatic rings. The zero-order valence-corrected chi connectivity index (χ0v) is 18.8. The zero-order chi connectivity index (χ0) is 22.4. The number of hydrogen-bond acceptors (Lipinski definition) is 8. The molecule has 11 heteroatoms. The fraction of sp³-hybridized carbons (Fsp3) is 0.450. The molecule has 1 aliphatic carbocycles. The molecule has 0 aliphatic heterocycles. The lowest BCUT2D eigenvalue weighted by atomic mass is 9.97. The van der Waals surface area contributed by atoms with Crippen LogP contribution in [0.4, 0.5) is 24.1 Å². The van der Waals surface area contributed by atoms with Crippen LogP contribution in [0.5, 0.6) is 0 Å². The quantitative estimate of drug-likeness (QED) is 0.461. The van der Waals surface area contributed by atoms with Crippen molar-refractivity contribution in [3.63, 3.8) is 0 Å². The summed E-state index contributed by atoms with van der Waals surface area (Å²) in [6.45, 7) is 5.36. The zero-order valence-electron chi connectivity index (χ0n) is 17.1. The highest BCUT2D eigenvalue weighted by Gasteiger charge is 2.63. The molecule has 3 N–H and O–H groups in total. The predicted octanol–water partition coefficient (Wildman–Crippen LogP) is 4.81. The van der Waals surface area contributed by atoms with Gasteiger partial charge in [0.15, 0.2) is 5.13 Å².